The van der Waals surface area contributed by atoms with Crippen LogP contribution in [0.5, 0.6) is 0 Å². The molecule has 0 unspecified atom stereocenters. The summed E-state index contributed by atoms with van der Waals surface area (Å²) in [7, 11) is -0.172. The van der Waals surface area contributed by atoms with E-state index in [1.165, 1.54) is 22.7 Å². The number of nitrogens with zero attached hydrogens (tertiary/aromatic N) is 2. The lowest BCUT2D eigenvalue weighted by Crippen LogP contribution is -2.49. The second kappa shape index (κ2) is 3.91. The van der Waals surface area contributed by atoms with Gasteiger partial charge < -0.3 is 5.73 Å². The van der Waals surface area contributed by atoms with E-state index in [2.05, 4.69) is 0 Å². The van der Waals surface area contributed by atoms with Crippen molar-refractivity contribution < 1.29 is 8.42 Å². The summed E-state index contributed by atoms with van der Waals surface area (Å²) in [5.74, 6) is 0. The van der Waals surface area contributed by atoms with Crippen molar-refractivity contribution in [2.24, 2.45) is 5.73 Å². The largest absolute Gasteiger partial charge is 0.327 e. The van der Waals surface area contributed by atoms with Crippen molar-refractivity contribution in [2.45, 2.75) is 18.9 Å². The van der Waals surface area contributed by atoms with Crippen LogP contribution in [0.25, 0.3) is 0 Å². The maximum absolute atomic E-state index is 11.6. The predicted molar refractivity (Wildman–Crippen MR) is 51.4 cm³/mol. The van der Waals surface area contributed by atoms with Crippen molar-refractivity contribution in [3.8, 4) is 0 Å². The fraction of sp³-hybridized carbons (Fsp3) is 1.00. The molecule has 2 N–H and O–H groups in total. The number of nitrogens with two attached hydrogens (primary N) is 1. The molecule has 13 heavy (non-hydrogen) atoms. The SMILES string of the molecule is CN(C)S(=O)(=O)N1CCC[C@@H](N)C1. The van der Waals surface area contributed by atoms with Gasteiger partial charge in [0.25, 0.3) is 10.2 Å². The highest BCUT2D eigenvalue weighted by molar-refractivity contribution is 7.86. The first-order valence-electron chi connectivity index (χ1n) is 4.38. The summed E-state index contributed by atoms with van der Waals surface area (Å²) in [6.45, 7) is 1.04. The summed E-state index contributed by atoms with van der Waals surface area (Å²) in [5.41, 5.74) is 5.70. The van der Waals surface area contributed by atoms with Crippen LogP contribution in [0.2, 0.25) is 0 Å². The maximum Gasteiger partial charge on any atom is 0.281 e. The third kappa shape index (κ3) is 2.40. The van der Waals surface area contributed by atoms with E-state index in [9.17, 15) is 8.42 Å². The minimum absolute atomic E-state index is 0.0107. The number of hydrogen-bond acceptors (Lipinski definition) is 3. The van der Waals surface area contributed by atoms with E-state index in [1.54, 1.807) is 0 Å². The first-order chi connectivity index (χ1) is 5.94. The summed E-state index contributed by atoms with van der Waals surface area (Å²) in [4.78, 5) is 0. The van der Waals surface area contributed by atoms with E-state index < -0.39 is 10.2 Å². The Morgan fingerprint density at radius 2 is 2.08 bits per heavy atom. The molecular weight excluding hydrogens is 190 g/mol. The molecule has 0 radical (unpaired) electrons. The van der Waals surface area contributed by atoms with Gasteiger partial charge in [-0.1, -0.05) is 0 Å². The number of rotatable bonds is 2. The maximum atomic E-state index is 11.6. The average molecular weight is 207 g/mol. The molecule has 1 atom stereocenters. The van der Waals surface area contributed by atoms with Crippen molar-refractivity contribution in [3.05, 3.63) is 0 Å². The Bertz CT molecular complexity index is 263. The lowest BCUT2D eigenvalue weighted by molar-refractivity contribution is 0.299. The minimum Gasteiger partial charge on any atom is -0.327 e. The minimum atomic E-state index is -3.25. The van der Waals surface area contributed by atoms with Gasteiger partial charge in [-0.05, 0) is 12.8 Å². The van der Waals surface area contributed by atoms with Crippen molar-refractivity contribution in [3.63, 3.8) is 0 Å². The normalized spacial score (nSPS) is 26.6. The smallest absolute Gasteiger partial charge is 0.281 e. The molecule has 0 spiro atoms. The Balaban J connectivity index is 2.71. The molecule has 0 aliphatic carbocycles. The molecule has 6 heteroatoms. The molecule has 1 rings (SSSR count). The molecule has 0 bridgehead atoms. The lowest BCUT2D eigenvalue weighted by Gasteiger charge is -2.31. The van der Waals surface area contributed by atoms with Crippen molar-refractivity contribution in [1.82, 2.24) is 8.61 Å². The topological polar surface area (TPSA) is 66.6 Å². The molecule has 0 amide bonds. The van der Waals surface area contributed by atoms with Crippen LogP contribution in [0.1, 0.15) is 12.8 Å². The van der Waals surface area contributed by atoms with Gasteiger partial charge in [-0.2, -0.15) is 17.0 Å². The average Bonchev–Trinajstić information content (AvgIpc) is 2.04. The van der Waals surface area contributed by atoms with Crippen LogP contribution < -0.4 is 5.73 Å². The fourth-order valence-electron chi connectivity index (χ4n) is 1.41. The van der Waals surface area contributed by atoms with Gasteiger partial charge in [0, 0.05) is 33.2 Å². The highest BCUT2D eigenvalue weighted by Crippen LogP contribution is 2.13. The number of hydrogen-bond donors (Lipinski definition) is 1. The summed E-state index contributed by atoms with van der Waals surface area (Å²) in [5, 5.41) is 0. The standard InChI is InChI=1S/C7H17N3O2S/c1-9(2)13(11,12)10-5-3-4-7(8)6-10/h7H,3-6,8H2,1-2H3/t7-/m1/s1. The molecule has 1 aliphatic heterocycles. The van der Waals surface area contributed by atoms with Crippen LogP contribution in [-0.2, 0) is 10.2 Å². The summed E-state index contributed by atoms with van der Waals surface area (Å²) in [6, 6.07) is -0.0107. The molecule has 78 valence electrons. The predicted octanol–water partition coefficient (Wildman–Crippen LogP) is -0.784. The summed E-state index contributed by atoms with van der Waals surface area (Å²) < 4.78 is 25.9. The Morgan fingerprint density at radius 3 is 2.54 bits per heavy atom. The van der Waals surface area contributed by atoms with E-state index >= 15 is 0 Å². The van der Waals surface area contributed by atoms with Crippen LogP contribution in [0.4, 0.5) is 0 Å². The highest BCUT2D eigenvalue weighted by atomic mass is 32.2. The lowest BCUT2D eigenvalue weighted by atomic mass is 10.1. The quantitative estimate of drug-likeness (QED) is 0.645. The fourth-order valence-corrected chi connectivity index (χ4v) is 2.62. The van der Waals surface area contributed by atoms with Crippen molar-refractivity contribution >= 4 is 10.2 Å². The summed E-state index contributed by atoms with van der Waals surface area (Å²) in [6.07, 6.45) is 1.77. The Hall–Kier alpha value is -0.170. The van der Waals surface area contributed by atoms with Crippen molar-refractivity contribution in [2.75, 3.05) is 27.2 Å². The van der Waals surface area contributed by atoms with Gasteiger partial charge in [0.2, 0.25) is 0 Å². The Morgan fingerprint density at radius 1 is 1.46 bits per heavy atom. The molecule has 0 saturated carbocycles. The van der Waals surface area contributed by atoms with Crippen molar-refractivity contribution in [1.29, 1.82) is 0 Å². The van der Waals surface area contributed by atoms with Crippen LogP contribution in [-0.4, -0.2) is 50.3 Å². The zero-order valence-corrected chi connectivity index (χ0v) is 8.92. The Kier molecular flexibility index (Phi) is 3.28. The van der Waals surface area contributed by atoms with Gasteiger partial charge >= 0.3 is 0 Å². The van der Waals surface area contributed by atoms with Gasteiger partial charge in [-0.15, -0.1) is 0 Å². The van der Waals surface area contributed by atoms with E-state index in [1.807, 2.05) is 0 Å². The first kappa shape index (κ1) is 10.9. The molecule has 1 saturated heterocycles. The van der Waals surface area contributed by atoms with E-state index in [4.69, 9.17) is 5.73 Å². The molecule has 0 aromatic rings. The van der Waals surface area contributed by atoms with Gasteiger partial charge in [-0.3, -0.25) is 0 Å². The molecule has 0 aromatic heterocycles. The summed E-state index contributed by atoms with van der Waals surface area (Å²) >= 11 is 0. The Labute approximate surface area is 79.7 Å². The second-order valence-corrected chi connectivity index (χ2v) is 5.69. The third-order valence-electron chi connectivity index (χ3n) is 2.21. The van der Waals surface area contributed by atoms with Gasteiger partial charge in [0.15, 0.2) is 0 Å². The molecule has 1 heterocycles. The monoisotopic (exact) mass is 207 g/mol. The second-order valence-electron chi connectivity index (χ2n) is 3.55. The van der Waals surface area contributed by atoms with E-state index in [0.717, 1.165) is 12.8 Å². The van der Waals surface area contributed by atoms with Crippen LogP contribution in [0.3, 0.4) is 0 Å². The molecule has 1 aliphatic rings. The molecule has 0 aromatic carbocycles. The van der Waals surface area contributed by atoms with E-state index in [-0.39, 0.29) is 6.04 Å². The van der Waals surface area contributed by atoms with Gasteiger partial charge in [0.1, 0.15) is 0 Å². The zero-order valence-electron chi connectivity index (χ0n) is 8.10. The van der Waals surface area contributed by atoms with E-state index in [0.29, 0.717) is 13.1 Å². The van der Waals surface area contributed by atoms with Crippen LogP contribution >= 0.6 is 0 Å². The van der Waals surface area contributed by atoms with Crippen LogP contribution in [0.15, 0.2) is 0 Å². The number of piperidine rings is 1. The van der Waals surface area contributed by atoms with Gasteiger partial charge in [0.05, 0.1) is 0 Å². The molecular formula is C7H17N3O2S. The third-order valence-corrected chi connectivity index (χ3v) is 4.12. The first-order valence-corrected chi connectivity index (χ1v) is 5.77. The zero-order chi connectivity index (χ0) is 10.1. The molecule has 5 nitrogen and oxygen atoms in total. The highest BCUT2D eigenvalue weighted by Gasteiger charge is 2.28. The molecule has 1 fully saturated rings. The van der Waals surface area contributed by atoms with Crippen LogP contribution in [0, 0.1) is 0 Å². The van der Waals surface area contributed by atoms with Gasteiger partial charge in [-0.25, -0.2) is 0 Å².